The van der Waals surface area contributed by atoms with Gasteiger partial charge in [-0.3, -0.25) is 0 Å². The molecule has 4 heteroatoms. The van der Waals surface area contributed by atoms with Crippen molar-refractivity contribution in [1.82, 2.24) is 0 Å². The minimum Gasteiger partial charge on any atom is -0.376 e. The van der Waals surface area contributed by atoms with Crippen molar-refractivity contribution in [3.8, 4) is 0 Å². The Morgan fingerprint density at radius 2 is 1.43 bits per heavy atom. The van der Waals surface area contributed by atoms with E-state index in [0.717, 1.165) is 11.6 Å². The summed E-state index contributed by atoms with van der Waals surface area (Å²) >= 11 is 0. The second kappa shape index (κ2) is 6.20. The van der Waals surface area contributed by atoms with E-state index in [2.05, 4.69) is 19.2 Å². The van der Waals surface area contributed by atoms with E-state index in [1.807, 2.05) is 31.2 Å². The smallest absolute Gasteiger partial charge is 0.182 e. The molecular formula is C17H18F3N. The summed E-state index contributed by atoms with van der Waals surface area (Å²) in [5.74, 6) is -2.64. The van der Waals surface area contributed by atoms with E-state index in [1.54, 1.807) is 0 Å². The number of hydrogen-bond acceptors (Lipinski definition) is 1. The molecule has 0 aliphatic carbocycles. The molecule has 1 nitrogen and oxygen atoms in total. The maximum absolute atomic E-state index is 13.6. The van der Waals surface area contributed by atoms with Crippen LogP contribution in [0.2, 0.25) is 0 Å². The predicted molar refractivity (Wildman–Crippen MR) is 78.9 cm³/mol. The van der Waals surface area contributed by atoms with Gasteiger partial charge in [-0.2, -0.15) is 0 Å². The van der Waals surface area contributed by atoms with Crippen LogP contribution in [-0.2, 0) is 0 Å². The standard InChI is InChI=1S/C17H18F3N/c1-10(2)12-4-6-13(7-5-12)11(3)21-16-9-14(18)8-15(19)17(16)20/h4-11,21H,1-3H3. The third kappa shape index (κ3) is 3.57. The Kier molecular flexibility index (Phi) is 4.56. The molecule has 0 aliphatic rings. The minimum absolute atomic E-state index is 0.173. The van der Waals surface area contributed by atoms with Gasteiger partial charge in [0, 0.05) is 18.2 Å². The van der Waals surface area contributed by atoms with E-state index in [4.69, 9.17) is 0 Å². The van der Waals surface area contributed by atoms with Crippen LogP contribution in [0, 0.1) is 17.5 Å². The summed E-state index contributed by atoms with van der Waals surface area (Å²) in [5.41, 5.74) is 1.95. The van der Waals surface area contributed by atoms with E-state index in [-0.39, 0.29) is 11.7 Å². The molecule has 2 aromatic rings. The average Bonchev–Trinajstić information content (AvgIpc) is 2.44. The lowest BCUT2D eigenvalue weighted by atomic mass is 9.99. The van der Waals surface area contributed by atoms with E-state index in [1.165, 1.54) is 5.56 Å². The van der Waals surface area contributed by atoms with Crippen molar-refractivity contribution in [3.05, 3.63) is 65.0 Å². The highest BCUT2D eigenvalue weighted by molar-refractivity contribution is 5.47. The number of rotatable bonds is 4. The predicted octanol–water partition coefficient (Wildman–Crippen LogP) is 5.40. The number of halogens is 3. The van der Waals surface area contributed by atoms with Gasteiger partial charge in [0.25, 0.3) is 0 Å². The van der Waals surface area contributed by atoms with Crippen molar-refractivity contribution >= 4 is 5.69 Å². The maximum Gasteiger partial charge on any atom is 0.182 e. The largest absolute Gasteiger partial charge is 0.376 e. The number of anilines is 1. The normalized spacial score (nSPS) is 12.5. The molecule has 1 unspecified atom stereocenters. The molecule has 0 saturated carbocycles. The van der Waals surface area contributed by atoms with Crippen LogP contribution < -0.4 is 5.32 Å². The van der Waals surface area contributed by atoms with Crippen molar-refractivity contribution in [3.63, 3.8) is 0 Å². The highest BCUT2D eigenvalue weighted by Gasteiger charge is 2.14. The Bertz CT molecular complexity index is 621. The zero-order valence-corrected chi connectivity index (χ0v) is 12.3. The van der Waals surface area contributed by atoms with Gasteiger partial charge >= 0.3 is 0 Å². The zero-order valence-electron chi connectivity index (χ0n) is 12.3. The molecule has 0 amide bonds. The molecule has 0 heterocycles. The third-order valence-corrected chi connectivity index (χ3v) is 3.47. The lowest BCUT2D eigenvalue weighted by molar-refractivity contribution is 0.496. The average molecular weight is 293 g/mol. The van der Waals surface area contributed by atoms with Gasteiger partial charge in [-0.25, -0.2) is 13.2 Å². The first kappa shape index (κ1) is 15.4. The summed E-state index contributed by atoms with van der Waals surface area (Å²) < 4.78 is 40.0. The Morgan fingerprint density at radius 1 is 0.857 bits per heavy atom. The summed E-state index contributed by atoms with van der Waals surface area (Å²) in [6, 6.07) is 9.09. The van der Waals surface area contributed by atoms with Crippen LogP contribution in [0.5, 0.6) is 0 Å². The first-order valence-electron chi connectivity index (χ1n) is 6.89. The first-order chi connectivity index (χ1) is 9.88. The minimum atomic E-state index is -1.19. The molecule has 2 aromatic carbocycles. The lowest BCUT2D eigenvalue weighted by Crippen LogP contribution is -2.09. The third-order valence-electron chi connectivity index (χ3n) is 3.47. The molecule has 21 heavy (non-hydrogen) atoms. The summed E-state index contributed by atoms with van der Waals surface area (Å²) in [6.45, 7) is 6.01. The molecule has 0 aromatic heterocycles. The van der Waals surface area contributed by atoms with Crippen molar-refractivity contribution in [2.75, 3.05) is 5.32 Å². The van der Waals surface area contributed by atoms with Crippen molar-refractivity contribution in [2.24, 2.45) is 0 Å². The molecule has 0 radical (unpaired) electrons. The van der Waals surface area contributed by atoms with E-state index in [9.17, 15) is 13.2 Å². The van der Waals surface area contributed by atoms with Gasteiger partial charge in [0.15, 0.2) is 11.6 Å². The van der Waals surface area contributed by atoms with Crippen LogP contribution in [0.3, 0.4) is 0 Å². The van der Waals surface area contributed by atoms with Gasteiger partial charge in [-0.1, -0.05) is 38.1 Å². The lowest BCUT2D eigenvalue weighted by Gasteiger charge is -2.17. The fourth-order valence-electron chi connectivity index (χ4n) is 2.15. The van der Waals surface area contributed by atoms with Crippen molar-refractivity contribution < 1.29 is 13.2 Å². The molecule has 1 N–H and O–H groups in total. The number of benzene rings is 2. The number of hydrogen-bond donors (Lipinski definition) is 1. The van der Waals surface area contributed by atoms with Crippen LogP contribution in [0.25, 0.3) is 0 Å². The van der Waals surface area contributed by atoms with Gasteiger partial charge in [-0.05, 0) is 24.0 Å². The Balaban J connectivity index is 2.20. The van der Waals surface area contributed by atoms with Crippen molar-refractivity contribution in [2.45, 2.75) is 32.7 Å². The molecule has 0 saturated heterocycles. The fourth-order valence-corrected chi connectivity index (χ4v) is 2.15. The molecule has 0 bridgehead atoms. The molecule has 0 spiro atoms. The summed E-state index contributed by atoms with van der Waals surface area (Å²) in [7, 11) is 0. The van der Waals surface area contributed by atoms with Gasteiger partial charge in [0.2, 0.25) is 0 Å². The van der Waals surface area contributed by atoms with Crippen LogP contribution >= 0.6 is 0 Å². The second-order valence-electron chi connectivity index (χ2n) is 5.44. The molecular weight excluding hydrogens is 275 g/mol. The van der Waals surface area contributed by atoms with E-state index in [0.29, 0.717) is 12.0 Å². The highest BCUT2D eigenvalue weighted by atomic mass is 19.2. The maximum atomic E-state index is 13.6. The Labute approximate surface area is 122 Å². The first-order valence-corrected chi connectivity index (χ1v) is 6.89. The molecule has 112 valence electrons. The van der Waals surface area contributed by atoms with Crippen molar-refractivity contribution in [1.29, 1.82) is 0 Å². The number of nitrogens with one attached hydrogen (secondary N) is 1. The van der Waals surface area contributed by atoms with Crippen LogP contribution in [0.1, 0.15) is 43.9 Å². The Hall–Kier alpha value is -1.97. The summed E-state index contributed by atoms with van der Waals surface area (Å²) in [4.78, 5) is 0. The SMILES string of the molecule is CC(C)c1ccc(C(C)Nc2cc(F)cc(F)c2F)cc1. The van der Waals surface area contributed by atoms with Gasteiger partial charge in [0.05, 0.1) is 5.69 Å². The molecule has 0 aliphatic heterocycles. The van der Waals surface area contributed by atoms with E-state index < -0.39 is 17.5 Å². The monoisotopic (exact) mass is 293 g/mol. The molecule has 2 rings (SSSR count). The van der Waals surface area contributed by atoms with Crippen LogP contribution in [0.4, 0.5) is 18.9 Å². The van der Waals surface area contributed by atoms with Crippen LogP contribution in [-0.4, -0.2) is 0 Å². The quantitative estimate of drug-likeness (QED) is 0.744. The van der Waals surface area contributed by atoms with Crippen LogP contribution in [0.15, 0.2) is 36.4 Å². The highest BCUT2D eigenvalue weighted by Crippen LogP contribution is 2.25. The summed E-state index contributed by atoms with van der Waals surface area (Å²) in [5, 5.41) is 2.80. The molecule has 1 atom stereocenters. The van der Waals surface area contributed by atoms with Gasteiger partial charge in [0.1, 0.15) is 5.82 Å². The van der Waals surface area contributed by atoms with Gasteiger partial charge < -0.3 is 5.32 Å². The summed E-state index contributed by atoms with van der Waals surface area (Å²) in [6.07, 6.45) is 0. The Morgan fingerprint density at radius 3 is 2.00 bits per heavy atom. The second-order valence-corrected chi connectivity index (χ2v) is 5.44. The molecule has 0 fully saturated rings. The topological polar surface area (TPSA) is 12.0 Å². The van der Waals surface area contributed by atoms with E-state index >= 15 is 0 Å². The zero-order chi connectivity index (χ0) is 15.6. The van der Waals surface area contributed by atoms with Gasteiger partial charge in [-0.15, -0.1) is 0 Å². The fraction of sp³-hybridized carbons (Fsp3) is 0.294.